The standard InChI is InChI=1S/C15H12N4O2S/c20-12(14(21)15-17-9-18-19-15)8-13-10(4-6-22-13)7-11-3-1-2-5-16-11/h1-6,9H,7-8H2,(H,17,18,19). The van der Waals surface area contributed by atoms with E-state index in [2.05, 4.69) is 20.2 Å². The largest absolute Gasteiger partial charge is 0.290 e. The minimum atomic E-state index is -0.668. The van der Waals surface area contributed by atoms with Gasteiger partial charge in [-0.2, -0.15) is 0 Å². The van der Waals surface area contributed by atoms with E-state index in [1.54, 1.807) is 6.20 Å². The summed E-state index contributed by atoms with van der Waals surface area (Å²) in [7, 11) is 0. The fourth-order valence-corrected chi connectivity index (χ4v) is 2.95. The van der Waals surface area contributed by atoms with Crippen molar-refractivity contribution in [3.63, 3.8) is 0 Å². The Morgan fingerprint density at radius 1 is 1.18 bits per heavy atom. The van der Waals surface area contributed by atoms with Gasteiger partial charge in [-0.3, -0.25) is 19.7 Å². The fourth-order valence-electron chi connectivity index (χ4n) is 2.05. The van der Waals surface area contributed by atoms with Crippen molar-refractivity contribution in [2.45, 2.75) is 12.8 Å². The third-order valence-electron chi connectivity index (χ3n) is 3.13. The molecule has 0 saturated heterocycles. The van der Waals surface area contributed by atoms with Crippen LogP contribution in [0.4, 0.5) is 0 Å². The summed E-state index contributed by atoms with van der Waals surface area (Å²) in [5.74, 6) is -1.27. The first-order valence-corrected chi connectivity index (χ1v) is 7.50. The van der Waals surface area contributed by atoms with Crippen LogP contribution in [0, 0.1) is 0 Å². The number of carbonyl (C=O) groups is 2. The summed E-state index contributed by atoms with van der Waals surface area (Å²) in [6.07, 6.45) is 3.71. The number of hydrogen-bond donors (Lipinski definition) is 1. The first-order valence-electron chi connectivity index (χ1n) is 6.62. The van der Waals surface area contributed by atoms with E-state index in [-0.39, 0.29) is 12.2 Å². The molecule has 0 amide bonds. The first kappa shape index (κ1) is 14.3. The van der Waals surface area contributed by atoms with Crippen molar-refractivity contribution in [3.8, 4) is 0 Å². The number of ketones is 2. The van der Waals surface area contributed by atoms with Gasteiger partial charge in [0.25, 0.3) is 5.78 Å². The maximum absolute atomic E-state index is 12.1. The molecular weight excluding hydrogens is 300 g/mol. The van der Waals surface area contributed by atoms with E-state index in [4.69, 9.17) is 0 Å². The molecule has 7 heteroatoms. The molecule has 0 radical (unpaired) electrons. The second-order valence-corrected chi connectivity index (χ2v) is 5.62. The highest BCUT2D eigenvalue weighted by Gasteiger charge is 2.21. The number of thiophene rings is 1. The number of rotatable bonds is 6. The number of nitrogens with one attached hydrogen (secondary N) is 1. The lowest BCUT2D eigenvalue weighted by molar-refractivity contribution is -0.114. The van der Waals surface area contributed by atoms with Crippen LogP contribution in [-0.4, -0.2) is 31.7 Å². The summed E-state index contributed by atoms with van der Waals surface area (Å²) >= 11 is 1.46. The highest BCUT2D eigenvalue weighted by atomic mass is 32.1. The Bertz CT molecular complexity index is 781. The Hall–Kier alpha value is -2.67. The summed E-state index contributed by atoms with van der Waals surface area (Å²) in [5.41, 5.74) is 1.94. The van der Waals surface area contributed by atoms with E-state index in [1.165, 1.54) is 17.7 Å². The Morgan fingerprint density at radius 2 is 2.09 bits per heavy atom. The molecule has 0 aliphatic carbocycles. The zero-order chi connectivity index (χ0) is 15.4. The predicted molar refractivity (Wildman–Crippen MR) is 80.8 cm³/mol. The summed E-state index contributed by atoms with van der Waals surface area (Å²) in [5, 5.41) is 7.99. The molecule has 0 unspecified atom stereocenters. The molecule has 22 heavy (non-hydrogen) atoms. The highest BCUT2D eigenvalue weighted by Crippen LogP contribution is 2.20. The molecule has 0 atom stereocenters. The van der Waals surface area contributed by atoms with Gasteiger partial charge in [0, 0.05) is 29.6 Å². The van der Waals surface area contributed by atoms with Gasteiger partial charge in [-0.05, 0) is 29.1 Å². The van der Waals surface area contributed by atoms with Gasteiger partial charge in [-0.15, -0.1) is 16.4 Å². The number of pyridine rings is 1. The number of carbonyl (C=O) groups excluding carboxylic acids is 2. The molecule has 3 aromatic heterocycles. The third kappa shape index (κ3) is 3.15. The van der Waals surface area contributed by atoms with Crippen LogP contribution in [0.1, 0.15) is 26.8 Å². The molecule has 3 heterocycles. The molecule has 0 bridgehead atoms. The third-order valence-corrected chi connectivity index (χ3v) is 4.09. The van der Waals surface area contributed by atoms with E-state index < -0.39 is 11.6 Å². The lowest BCUT2D eigenvalue weighted by Gasteiger charge is -2.02. The number of nitrogens with zero attached hydrogens (tertiary/aromatic N) is 3. The van der Waals surface area contributed by atoms with E-state index in [0.717, 1.165) is 16.1 Å². The minimum Gasteiger partial charge on any atom is -0.290 e. The average molecular weight is 312 g/mol. The molecule has 0 spiro atoms. The van der Waals surface area contributed by atoms with Crippen molar-refractivity contribution in [3.05, 3.63) is 64.1 Å². The van der Waals surface area contributed by atoms with Gasteiger partial charge in [-0.1, -0.05) is 6.07 Å². The quantitative estimate of drug-likeness (QED) is 0.554. The van der Waals surface area contributed by atoms with Crippen molar-refractivity contribution in [2.24, 2.45) is 0 Å². The van der Waals surface area contributed by atoms with Crippen molar-refractivity contribution in [2.75, 3.05) is 0 Å². The molecule has 6 nitrogen and oxygen atoms in total. The monoisotopic (exact) mass is 312 g/mol. The Labute approximate surface area is 130 Å². The topological polar surface area (TPSA) is 88.6 Å². The van der Waals surface area contributed by atoms with Gasteiger partial charge >= 0.3 is 0 Å². The van der Waals surface area contributed by atoms with Gasteiger partial charge in [0.05, 0.1) is 0 Å². The summed E-state index contributed by atoms with van der Waals surface area (Å²) in [6.45, 7) is 0. The van der Waals surface area contributed by atoms with Crippen LogP contribution in [0.15, 0.2) is 42.2 Å². The molecule has 3 aromatic rings. The molecular formula is C15H12N4O2S. The minimum absolute atomic E-state index is 0.0627. The van der Waals surface area contributed by atoms with Crippen LogP contribution in [-0.2, 0) is 17.6 Å². The lowest BCUT2D eigenvalue weighted by atomic mass is 10.1. The zero-order valence-corrected chi connectivity index (χ0v) is 12.3. The highest BCUT2D eigenvalue weighted by molar-refractivity contribution is 7.10. The van der Waals surface area contributed by atoms with Crippen LogP contribution >= 0.6 is 11.3 Å². The molecule has 0 aliphatic heterocycles. The van der Waals surface area contributed by atoms with E-state index in [1.807, 2.05) is 29.6 Å². The van der Waals surface area contributed by atoms with Gasteiger partial charge in [0.2, 0.25) is 11.6 Å². The molecule has 110 valence electrons. The first-order chi connectivity index (χ1) is 10.7. The summed E-state index contributed by atoms with van der Waals surface area (Å²) in [4.78, 5) is 32.8. The van der Waals surface area contributed by atoms with Gasteiger partial charge in [0.1, 0.15) is 6.33 Å². The number of H-pyrrole nitrogens is 1. The number of aromatic nitrogens is 4. The Morgan fingerprint density at radius 3 is 2.82 bits per heavy atom. The van der Waals surface area contributed by atoms with E-state index >= 15 is 0 Å². The van der Waals surface area contributed by atoms with Crippen molar-refractivity contribution in [1.29, 1.82) is 0 Å². The maximum atomic E-state index is 12.1. The molecule has 0 aromatic carbocycles. The van der Waals surface area contributed by atoms with Crippen LogP contribution < -0.4 is 0 Å². The zero-order valence-electron chi connectivity index (χ0n) is 11.5. The number of aromatic amines is 1. The molecule has 1 N–H and O–H groups in total. The van der Waals surface area contributed by atoms with Crippen LogP contribution in [0.25, 0.3) is 0 Å². The SMILES string of the molecule is O=C(Cc1sccc1Cc1ccccn1)C(=O)c1nc[nH]n1. The smallest absolute Gasteiger partial charge is 0.267 e. The van der Waals surface area contributed by atoms with Crippen LogP contribution in [0.3, 0.4) is 0 Å². The van der Waals surface area contributed by atoms with Crippen molar-refractivity contribution >= 4 is 22.9 Å². The summed E-state index contributed by atoms with van der Waals surface area (Å²) in [6, 6.07) is 7.67. The lowest BCUT2D eigenvalue weighted by Crippen LogP contribution is -2.18. The fraction of sp³-hybridized carbons (Fsp3) is 0.133. The number of Topliss-reactive ketones (excluding diaryl/α,β-unsaturated/α-hetero) is 2. The summed E-state index contributed by atoms with van der Waals surface area (Å²) < 4.78 is 0. The van der Waals surface area contributed by atoms with Crippen LogP contribution in [0.2, 0.25) is 0 Å². The molecule has 0 saturated carbocycles. The molecule has 3 rings (SSSR count). The Kier molecular flexibility index (Phi) is 4.15. The van der Waals surface area contributed by atoms with Crippen molar-refractivity contribution in [1.82, 2.24) is 20.2 Å². The van der Waals surface area contributed by atoms with E-state index in [9.17, 15) is 9.59 Å². The second kappa shape index (κ2) is 6.40. The van der Waals surface area contributed by atoms with Crippen molar-refractivity contribution < 1.29 is 9.59 Å². The van der Waals surface area contributed by atoms with Gasteiger partial charge in [-0.25, -0.2) is 4.98 Å². The van der Waals surface area contributed by atoms with Gasteiger partial charge < -0.3 is 0 Å². The Balaban J connectivity index is 1.72. The average Bonchev–Trinajstić information content (AvgIpc) is 3.20. The van der Waals surface area contributed by atoms with Crippen LogP contribution in [0.5, 0.6) is 0 Å². The molecule has 0 fully saturated rings. The number of hydrogen-bond acceptors (Lipinski definition) is 6. The van der Waals surface area contributed by atoms with Gasteiger partial charge in [0.15, 0.2) is 0 Å². The second-order valence-electron chi connectivity index (χ2n) is 4.62. The van der Waals surface area contributed by atoms with E-state index in [0.29, 0.717) is 6.42 Å². The maximum Gasteiger partial charge on any atom is 0.267 e. The normalized spacial score (nSPS) is 10.5. The molecule has 0 aliphatic rings. The predicted octanol–water partition coefficient (Wildman–Crippen LogP) is 1.85.